The van der Waals surface area contributed by atoms with Crippen LogP contribution in [0.15, 0.2) is 35.4 Å². The summed E-state index contributed by atoms with van der Waals surface area (Å²) in [5.74, 6) is 2.71. The van der Waals surface area contributed by atoms with Crippen molar-refractivity contribution in [2.75, 3.05) is 0 Å². The molecule has 0 aliphatic heterocycles. The SMILES string of the molecule is Cc1ccc(S(=O)(=O)n2cc(CC(C)(C)NC(=O)OC3C4CC5CC(C4)CC3C5)c(C)c2C)cc1. The molecule has 1 amide bonds. The molecule has 4 fully saturated rings. The van der Waals surface area contributed by atoms with Crippen molar-refractivity contribution in [3.63, 3.8) is 0 Å². The lowest BCUT2D eigenvalue weighted by Gasteiger charge is -2.53. The summed E-state index contributed by atoms with van der Waals surface area (Å²) in [6, 6.07) is 6.90. The first-order valence-corrected chi connectivity index (χ1v) is 14.4. The minimum atomic E-state index is -3.69. The van der Waals surface area contributed by atoms with E-state index in [1.165, 1.54) is 36.1 Å². The van der Waals surface area contributed by atoms with Crippen LogP contribution in [-0.4, -0.2) is 30.1 Å². The Morgan fingerprint density at radius 1 is 1.00 bits per heavy atom. The van der Waals surface area contributed by atoms with E-state index in [1.807, 2.05) is 46.8 Å². The third-order valence-corrected chi connectivity index (χ3v) is 10.4. The number of aryl methyl sites for hydroxylation is 1. The predicted octanol–water partition coefficient (Wildman–Crippen LogP) is 5.52. The molecule has 7 heteroatoms. The Labute approximate surface area is 209 Å². The van der Waals surface area contributed by atoms with E-state index in [2.05, 4.69) is 5.32 Å². The normalized spacial score (nSPS) is 27.7. The number of aromatic nitrogens is 1. The highest BCUT2D eigenvalue weighted by molar-refractivity contribution is 7.90. The fraction of sp³-hybridized carbons (Fsp3) is 0.607. The molecule has 4 saturated carbocycles. The summed E-state index contributed by atoms with van der Waals surface area (Å²) in [6.45, 7) is 9.63. The summed E-state index contributed by atoms with van der Waals surface area (Å²) in [5, 5.41) is 3.08. The Morgan fingerprint density at radius 3 is 2.14 bits per heavy atom. The van der Waals surface area contributed by atoms with Gasteiger partial charge in [0.25, 0.3) is 10.0 Å². The Kier molecular flexibility index (Phi) is 6.06. The number of nitrogens with one attached hydrogen (secondary N) is 1. The highest BCUT2D eigenvalue weighted by atomic mass is 32.2. The second-order valence-electron chi connectivity index (χ2n) is 12.0. The van der Waals surface area contributed by atoms with Crippen molar-refractivity contribution in [1.29, 1.82) is 0 Å². The molecule has 1 aromatic carbocycles. The number of ether oxygens (including phenoxy) is 1. The average Bonchev–Trinajstić information content (AvgIpc) is 3.04. The number of nitrogens with zero attached hydrogens (tertiary/aromatic N) is 1. The second-order valence-corrected chi connectivity index (χ2v) is 13.8. The van der Waals surface area contributed by atoms with Gasteiger partial charge >= 0.3 is 6.09 Å². The van der Waals surface area contributed by atoms with Crippen molar-refractivity contribution >= 4 is 16.1 Å². The number of rotatable bonds is 6. The summed E-state index contributed by atoms with van der Waals surface area (Å²) in [7, 11) is -3.69. The Bertz CT molecular complexity index is 1200. The molecular weight excluding hydrogens is 460 g/mol. The number of carbonyl (C=O) groups excluding carboxylic acids is 1. The quantitative estimate of drug-likeness (QED) is 0.569. The molecule has 2 aromatic rings. The first-order chi connectivity index (χ1) is 16.4. The monoisotopic (exact) mass is 498 g/mol. The van der Waals surface area contributed by atoms with Gasteiger partial charge in [-0.1, -0.05) is 17.7 Å². The summed E-state index contributed by atoms with van der Waals surface area (Å²) < 4.78 is 34.0. The van der Waals surface area contributed by atoms with Crippen LogP contribution in [0.5, 0.6) is 0 Å². The number of amides is 1. The third-order valence-electron chi connectivity index (χ3n) is 8.66. The molecule has 0 unspecified atom stereocenters. The van der Waals surface area contributed by atoms with Gasteiger partial charge in [0.05, 0.1) is 4.90 Å². The van der Waals surface area contributed by atoms with Gasteiger partial charge in [-0.3, -0.25) is 0 Å². The van der Waals surface area contributed by atoms with Crippen LogP contribution < -0.4 is 5.32 Å². The molecule has 0 radical (unpaired) electrons. The standard InChI is InChI=1S/C28H38N2O4S/c1-17-6-8-25(9-7-17)35(32,33)30-16-24(18(2)19(30)3)15-28(4,5)29-27(31)34-26-22-11-20-10-21(13-22)14-23(26)12-20/h6-9,16,20-23,26H,10-15H2,1-5H3,(H,29,31). The van der Waals surface area contributed by atoms with Crippen LogP contribution in [0, 0.1) is 44.4 Å². The summed E-state index contributed by atoms with van der Waals surface area (Å²) in [4.78, 5) is 13.2. The van der Waals surface area contributed by atoms with Gasteiger partial charge < -0.3 is 10.1 Å². The van der Waals surface area contributed by atoms with E-state index < -0.39 is 15.6 Å². The highest BCUT2D eigenvalue weighted by Gasteiger charge is 2.50. The van der Waals surface area contributed by atoms with Gasteiger partial charge in [-0.05, 0) is 120 Å². The lowest BCUT2D eigenvalue weighted by Crippen LogP contribution is -2.53. The minimum Gasteiger partial charge on any atom is -0.446 e. The molecule has 0 atom stereocenters. The van der Waals surface area contributed by atoms with Crippen molar-refractivity contribution < 1.29 is 17.9 Å². The van der Waals surface area contributed by atoms with Crippen molar-refractivity contribution in [1.82, 2.24) is 9.29 Å². The first kappa shape index (κ1) is 24.4. The zero-order valence-electron chi connectivity index (χ0n) is 21.5. The Balaban J connectivity index is 1.28. The zero-order chi connectivity index (χ0) is 25.1. The van der Waals surface area contributed by atoms with E-state index in [9.17, 15) is 13.2 Å². The lowest BCUT2D eigenvalue weighted by molar-refractivity contribution is -0.0970. The third kappa shape index (κ3) is 4.64. The molecule has 6 nitrogen and oxygen atoms in total. The van der Waals surface area contributed by atoms with Gasteiger partial charge in [-0.25, -0.2) is 17.2 Å². The van der Waals surface area contributed by atoms with Gasteiger partial charge in [-0.15, -0.1) is 0 Å². The largest absolute Gasteiger partial charge is 0.446 e. The molecule has 4 aliphatic carbocycles. The fourth-order valence-corrected chi connectivity index (χ4v) is 8.47. The van der Waals surface area contributed by atoms with E-state index in [0.717, 1.165) is 28.5 Å². The smallest absolute Gasteiger partial charge is 0.407 e. The molecule has 4 aliphatic rings. The van der Waals surface area contributed by atoms with Crippen LogP contribution >= 0.6 is 0 Å². The van der Waals surface area contributed by atoms with E-state index >= 15 is 0 Å². The molecular formula is C28H38N2O4S. The Hall–Kier alpha value is -2.28. The van der Waals surface area contributed by atoms with Crippen LogP contribution in [0.3, 0.4) is 0 Å². The van der Waals surface area contributed by atoms with Gasteiger partial charge in [0, 0.05) is 17.4 Å². The molecule has 4 bridgehead atoms. The van der Waals surface area contributed by atoms with Crippen LogP contribution in [-0.2, 0) is 21.2 Å². The molecule has 35 heavy (non-hydrogen) atoms. The van der Waals surface area contributed by atoms with Gasteiger partial charge in [0.2, 0.25) is 0 Å². The molecule has 6 rings (SSSR count). The summed E-state index contributed by atoms with van der Waals surface area (Å²) in [6.07, 6.45) is 8.09. The predicted molar refractivity (Wildman–Crippen MR) is 136 cm³/mol. The molecule has 1 N–H and O–H groups in total. The van der Waals surface area contributed by atoms with Crippen molar-refractivity contribution in [3.8, 4) is 0 Å². The summed E-state index contributed by atoms with van der Waals surface area (Å²) in [5.41, 5.74) is 2.94. The second kappa shape index (κ2) is 8.68. The molecule has 0 saturated heterocycles. The lowest BCUT2D eigenvalue weighted by atomic mass is 9.55. The highest BCUT2D eigenvalue weighted by Crippen LogP contribution is 2.54. The minimum absolute atomic E-state index is 0.0447. The van der Waals surface area contributed by atoms with Gasteiger partial charge in [-0.2, -0.15) is 0 Å². The number of hydrogen-bond acceptors (Lipinski definition) is 4. The Morgan fingerprint density at radius 2 is 1.57 bits per heavy atom. The number of alkyl carbamates (subject to hydrolysis) is 1. The zero-order valence-corrected chi connectivity index (χ0v) is 22.3. The van der Waals surface area contributed by atoms with Gasteiger partial charge in [0.15, 0.2) is 0 Å². The number of carbonyl (C=O) groups is 1. The summed E-state index contributed by atoms with van der Waals surface area (Å²) >= 11 is 0. The topological polar surface area (TPSA) is 77.4 Å². The van der Waals surface area contributed by atoms with Crippen LogP contribution in [0.4, 0.5) is 4.79 Å². The maximum atomic E-state index is 13.3. The van der Waals surface area contributed by atoms with Crippen molar-refractivity contribution in [2.24, 2.45) is 23.7 Å². The van der Waals surface area contributed by atoms with E-state index in [0.29, 0.717) is 24.0 Å². The van der Waals surface area contributed by atoms with Crippen molar-refractivity contribution in [2.45, 2.75) is 89.7 Å². The van der Waals surface area contributed by atoms with E-state index in [4.69, 9.17) is 4.74 Å². The number of hydrogen-bond donors (Lipinski definition) is 1. The fourth-order valence-electron chi connectivity index (χ4n) is 7.00. The average molecular weight is 499 g/mol. The molecule has 190 valence electrons. The molecule has 1 aromatic heterocycles. The van der Waals surface area contributed by atoms with Crippen LogP contribution in [0.1, 0.15) is 68.3 Å². The molecule has 0 spiro atoms. The van der Waals surface area contributed by atoms with E-state index in [1.54, 1.807) is 18.3 Å². The van der Waals surface area contributed by atoms with Gasteiger partial charge in [0.1, 0.15) is 6.10 Å². The maximum absolute atomic E-state index is 13.3. The number of benzene rings is 1. The van der Waals surface area contributed by atoms with E-state index in [-0.39, 0.29) is 17.1 Å². The van der Waals surface area contributed by atoms with Crippen molar-refractivity contribution in [3.05, 3.63) is 52.8 Å². The van der Waals surface area contributed by atoms with Crippen LogP contribution in [0.2, 0.25) is 0 Å². The first-order valence-electron chi connectivity index (χ1n) is 12.9. The van der Waals surface area contributed by atoms with Crippen LogP contribution in [0.25, 0.3) is 0 Å². The molecule has 1 heterocycles. The maximum Gasteiger partial charge on any atom is 0.407 e.